The van der Waals surface area contributed by atoms with Crippen molar-refractivity contribution in [3.05, 3.63) is 35.4 Å². The van der Waals surface area contributed by atoms with Crippen LogP contribution in [0.5, 0.6) is 0 Å². The van der Waals surface area contributed by atoms with Gasteiger partial charge in [-0.25, -0.2) is 9.59 Å². The lowest BCUT2D eigenvalue weighted by atomic mass is 10.1. The average Bonchev–Trinajstić information content (AvgIpc) is 2.36. The first-order chi connectivity index (χ1) is 8.20. The zero-order valence-corrected chi connectivity index (χ0v) is 9.51. The van der Waals surface area contributed by atoms with Gasteiger partial charge in [0.05, 0.1) is 17.7 Å². The number of carbonyl (C=O) groups excluding carboxylic acids is 2. The van der Waals surface area contributed by atoms with Crippen molar-refractivity contribution in [2.75, 3.05) is 13.4 Å². The van der Waals surface area contributed by atoms with Gasteiger partial charge in [-0.2, -0.15) is 0 Å². The van der Waals surface area contributed by atoms with Crippen molar-refractivity contribution in [2.45, 2.75) is 13.3 Å². The summed E-state index contributed by atoms with van der Waals surface area (Å²) in [7, 11) is 0. The third kappa shape index (κ3) is 3.57. The minimum absolute atomic E-state index is 0.0858. The van der Waals surface area contributed by atoms with Gasteiger partial charge in [0, 0.05) is 0 Å². The molecule has 0 bridgehead atoms. The van der Waals surface area contributed by atoms with Crippen LogP contribution in [0.4, 0.5) is 0 Å². The highest BCUT2D eigenvalue weighted by molar-refractivity contribution is 6.03. The summed E-state index contributed by atoms with van der Waals surface area (Å²) in [5.41, 5.74) is 0.224. The number of aliphatic hydroxyl groups is 1. The maximum absolute atomic E-state index is 11.6. The van der Waals surface area contributed by atoms with Gasteiger partial charge in [-0.15, -0.1) is 0 Å². The number of rotatable bonds is 5. The predicted molar refractivity (Wildman–Crippen MR) is 59.5 cm³/mol. The summed E-state index contributed by atoms with van der Waals surface area (Å²) in [4.78, 5) is 23.1. The van der Waals surface area contributed by atoms with Gasteiger partial charge < -0.3 is 14.6 Å². The molecule has 0 spiro atoms. The van der Waals surface area contributed by atoms with Crippen LogP contribution in [-0.4, -0.2) is 30.4 Å². The Bertz CT molecular complexity index is 400. The zero-order chi connectivity index (χ0) is 12.7. The van der Waals surface area contributed by atoms with E-state index in [1.807, 2.05) is 6.92 Å². The Kier molecular flexibility index (Phi) is 5.16. The molecule has 0 aliphatic carbocycles. The van der Waals surface area contributed by atoms with E-state index in [1.54, 1.807) is 12.1 Å². The van der Waals surface area contributed by atoms with Crippen molar-refractivity contribution in [3.8, 4) is 0 Å². The molecule has 0 saturated carbocycles. The number of benzene rings is 1. The van der Waals surface area contributed by atoms with Gasteiger partial charge in [0.2, 0.25) is 0 Å². The summed E-state index contributed by atoms with van der Waals surface area (Å²) in [5, 5.41) is 8.51. The zero-order valence-electron chi connectivity index (χ0n) is 9.51. The van der Waals surface area contributed by atoms with Crippen molar-refractivity contribution in [1.29, 1.82) is 0 Å². The summed E-state index contributed by atoms with van der Waals surface area (Å²) in [5.74, 6) is -1.33. The Morgan fingerprint density at radius 2 is 1.65 bits per heavy atom. The minimum atomic E-state index is -0.753. The molecule has 17 heavy (non-hydrogen) atoms. The molecule has 0 fully saturated rings. The van der Waals surface area contributed by atoms with Crippen molar-refractivity contribution < 1.29 is 24.2 Å². The van der Waals surface area contributed by atoms with Gasteiger partial charge in [0.15, 0.2) is 6.79 Å². The number of esters is 2. The van der Waals surface area contributed by atoms with Gasteiger partial charge in [0.25, 0.3) is 0 Å². The molecule has 0 radical (unpaired) electrons. The molecule has 0 aromatic heterocycles. The van der Waals surface area contributed by atoms with E-state index in [4.69, 9.17) is 9.84 Å². The highest BCUT2D eigenvalue weighted by atomic mass is 16.6. The normalized spacial score (nSPS) is 9.76. The molecule has 5 nitrogen and oxygen atoms in total. The molecule has 1 aromatic rings. The first-order valence-corrected chi connectivity index (χ1v) is 5.24. The first-order valence-electron chi connectivity index (χ1n) is 5.24. The second kappa shape index (κ2) is 6.65. The standard InChI is InChI=1S/C12H14O5/c1-2-7-16-11(14)9-5-3-4-6-10(9)12(15)17-8-13/h3-6,13H,2,7-8H2,1H3. The van der Waals surface area contributed by atoms with Crippen LogP contribution in [0.1, 0.15) is 34.1 Å². The minimum Gasteiger partial charge on any atom is -0.462 e. The highest BCUT2D eigenvalue weighted by Gasteiger charge is 2.18. The summed E-state index contributed by atoms with van der Waals surface area (Å²) in [6, 6.07) is 6.15. The first kappa shape index (κ1) is 13.2. The van der Waals surface area contributed by atoms with Crippen LogP contribution in [0.2, 0.25) is 0 Å². The van der Waals surface area contributed by atoms with E-state index in [9.17, 15) is 9.59 Å². The maximum Gasteiger partial charge on any atom is 0.341 e. The summed E-state index contributed by atoms with van der Waals surface area (Å²) < 4.78 is 9.37. The van der Waals surface area contributed by atoms with Gasteiger partial charge in [-0.1, -0.05) is 19.1 Å². The smallest absolute Gasteiger partial charge is 0.341 e. The van der Waals surface area contributed by atoms with Crippen LogP contribution in [0.3, 0.4) is 0 Å². The molecule has 1 rings (SSSR count). The lowest BCUT2D eigenvalue weighted by molar-refractivity contribution is 0.00635. The molecule has 5 heteroatoms. The molecule has 1 N–H and O–H groups in total. The fourth-order valence-corrected chi connectivity index (χ4v) is 1.25. The van der Waals surface area contributed by atoms with Crippen LogP contribution in [0.25, 0.3) is 0 Å². The molecule has 0 heterocycles. The Morgan fingerprint density at radius 1 is 1.12 bits per heavy atom. The SMILES string of the molecule is CCCOC(=O)c1ccccc1C(=O)OCO. The van der Waals surface area contributed by atoms with Crippen LogP contribution in [0, 0.1) is 0 Å². The van der Waals surface area contributed by atoms with Gasteiger partial charge >= 0.3 is 11.9 Å². The molecule has 1 aromatic carbocycles. The number of carbonyl (C=O) groups is 2. The van der Waals surface area contributed by atoms with E-state index in [1.165, 1.54) is 12.1 Å². The summed E-state index contributed by atoms with van der Waals surface area (Å²) in [6.45, 7) is 1.44. The third-order valence-corrected chi connectivity index (χ3v) is 2.00. The molecular formula is C12H14O5. The average molecular weight is 238 g/mol. The van der Waals surface area contributed by atoms with Gasteiger partial charge in [-0.05, 0) is 18.6 Å². The van der Waals surface area contributed by atoms with Crippen molar-refractivity contribution >= 4 is 11.9 Å². The van der Waals surface area contributed by atoms with E-state index in [-0.39, 0.29) is 11.1 Å². The topological polar surface area (TPSA) is 72.8 Å². The number of aliphatic hydroxyl groups excluding tert-OH is 1. The number of ether oxygens (including phenoxy) is 2. The second-order valence-electron chi connectivity index (χ2n) is 3.24. The lowest BCUT2D eigenvalue weighted by Gasteiger charge is -2.07. The van der Waals surface area contributed by atoms with E-state index < -0.39 is 18.7 Å². The predicted octanol–water partition coefficient (Wildman–Crippen LogP) is 1.36. The Balaban J connectivity index is 2.91. The van der Waals surface area contributed by atoms with Crippen molar-refractivity contribution in [2.24, 2.45) is 0 Å². The van der Waals surface area contributed by atoms with E-state index in [0.717, 1.165) is 0 Å². The number of hydrogen-bond acceptors (Lipinski definition) is 5. The highest BCUT2D eigenvalue weighted by Crippen LogP contribution is 2.12. The number of hydrogen-bond donors (Lipinski definition) is 1. The van der Waals surface area contributed by atoms with E-state index in [2.05, 4.69) is 4.74 Å². The van der Waals surface area contributed by atoms with Crippen molar-refractivity contribution in [1.82, 2.24) is 0 Å². The van der Waals surface area contributed by atoms with Crippen LogP contribution in [-0.2, 0) is 9.47 Å². The molecule has 0 atom stereocenters. The fourth-order valence-electron chi connectivity index (χ4n) is 1.25. The molecule has 0 amide bonds. The van der Waals surface area contributed by atoms with Crippen LogP contribution in [0.15, 0.2) is 24.3 Å². The quantitative estimate of drug-likeness (QED) is 0.619. The molecule has 0 aliphatic heterocycles. The summed E-state index contributed by atoms with van der Waals surface area (Å²) in [6.07, 6.45) is 0.703. The Hall–Kier alpha value is -1.88. The van der Waals surface area contributed by atoms with E-state index >= 15 is 0 Å². The second-order valence-corrected chi connectivity index (χ2v) is 3.24. The maximum atomic E-state index is 11.6. The summed E-state index contributed by atoms with van der Waals surface area (Å²) >= 11 is 0. The van der Waals surface area contributed by atoms with Crippen molar-refractivity contribution in [3.63, 3.8) is 0 Å². The molecule has 0 aliphatic rings. The Labute approximate surface area is 99.0 Å². The monoisotopic (exact) mass is 238 g/mol. The van der Waals surface area contributed by atoms with Crippen LogP contribution >= 0.6 is 0 Å². The molecule has 0 saturated heterocycles. The van der Waals surface area contributed by atoms with Gasteiger partial charge in [-0.3, -0.25) is 0 Å². The molecule has 0 unspecified atom stereocenters. The van der Waals surface area contributed by atoms with E-state index in [0.29, 0.717) is 13.0 Å². The lowest BCUT2D eigenvalue weighted by Crippen LogP contribution is -2.14. The van der Waals surface area contributed by atoms with Gasteiger partial charge in [0.1, 0.15) is 0 Å². The van der Waals surface area contributed by atoms with Crippen LogP contribution < -0.4 is 0 Å². The third-order valence-electron chi connectivity index (χ3n) is 2.00. The molecular weight excluding hydrogens is 224 g/mol. The Morgan fingerprint density at radius 3 is 2.12 bits per heavy atom. The molecule has 92 valence electrons. The largest absolute Gasteiger partial charge is 0.462 e. The fraction of sp³-hybridized carbons (Fsp3) is 0.333.